The summed E-state index contributed by atoms with van der Waals surface area (Å²) < 4.78 is 23.0. The van der Waals surface area contributed by atoms with E-state index in [0.29, 0.717) is 28.7 Å². The van der Waals surface area contributed by atoms with Gasteiger partial charge in [-0.15, -0.1) is 5.10 Å². The number of benzene rings is 2. The predicted octanol–water partition coefficient (Wildman–Crippen LogP) is 3.10. The third-order valence-corrected chi connectivity index (χ3v) is 4.94. The molecule has 164 valence electrons. The molecule has 0 aliphatic rings. The maximum absolute atomic E-state index is 12.9. The number of nitrogens with zero attached hydrogens (tertiary/aromatic N) is 3. The quantitative estimate of drug-likeness (QED) is 0.591. The second-order valence-corrected chi connectivity index (χ2v) is 6.79. The van der Waals surface area contributed by atoms with Crippen LogP contribution in [0.1, 0.15) is 34.7 Å². The SMILES string of the molecule is COc1cccc(-n2nnc(C(=O)NC(C)c3cc(OC)c(OC)c(OC)c3)c2C)c1. The molecule has 1 N–H and O–H groups in total. The second kappa shape index (κ2) is 9.38. The molecule has 3 rings (SSSR count). The van der Waals surface area contributed by atoms with Crippen LogP contribution in [-0.2, 0) is 0 Å². The van der Waals surface area contributed by atoms with Crippen molar-refractivity contribution in [3.8, 4) is 28.7 Å². The first-order valence-electron chi connectivity index (χ1n) is 9.61. The molecule has 1 aromatic heterocycles. The number of ether oxygens (including phenoxy) is 4. The average Bonchev–Trinajstić information content (AvgIpc) is 3.19. The van der Waals surface area contributed by atoms with Crippen molar-refractivity contribution in [2.45, 2.75) is 19.9 Å². The fourth-order valence-corrected chi connectivity index (χ4v) is 3.23. The Morgan fingerprint density at radius 1 is 1.00 bits per heavy atom. The molecule has 0 fully saturated rings. The number of rotatable bonds is 8. The van der Waals surface area contributed by atoms with Gasteiger partial charge >= 0.3 is 0 Å². The molecular formula is C22H26N4O5. The lowest BCUT2D eigenvalue weighted by atomic mass is 10.1. The van der Waals surface area contributed by atoms with E-state index in [1.807, 2.05) is 31.2 Å². The molecule has 1 unspecified atom stereocenters. The van der Waals surface area contributed by atoms with Crippen molar-refractivity contribution < 1.29 is 23.7 Å². The first-order valence-corrected chi connectivity index (χ1v) is 9.61. The Balaban J connectivity index is 1.84. The van der Waals surface area contributed by atoms with E-state index in [0.717, 1.165) is 11.3 Å². The molecule has 0 saturated heterocycles. The lowest BCUT2D eigenvalue weighted by Crippen LogP contribution is -2.27. The van der Waals surface area contributed by atoms with Crippen LogP contribution in [0.5, 0.6) is 23.0 Å². The van der Waals surface area contributed by atoms with Crippen molar-refractivity contribution >= 4 is 5.91 Å². The van der Waals surface area contributed by atoms with Gasteiger partial charge in [0.05, 0.1) is 45.9 Å². The third kappa shape index (κ3) is 4.40. The van der Waals surface area contributed by atoms with Crippen molar-refractivity contribution in [3.63, 3.8) is 0 Å². The van der Waals surface area contributed by atoms with Gasteiger partial charge in [-0.1, -0.05) is 11.3 Å². The number of methoxy groups -OCH3 is 4. The van der Waals surface area contributed by atoms with Crippen LogP contribution in [0.15, 0.2) is 36.4 Å². The first kappa shape index (κ1) is 21.9. The second-order valence-electron chi connectivity index (χ2n) is 6.79. The molecule has 0 aliphatic heterocycles. The fraction of sp³-hybridized carbons (Fsp3) is 0.318. The lowest BCUT2D eigenvalue weighted by molar-refractivity contribution is 0.0934. The van der Waals surface area contributed by atoms with Crippen LogP contribution in [-0.4, -0.2) is 49.3 Å². The van der Waals surface area contributed by atoms with E-state index >= 15 is 0 Å². The summed E-state index contributed by atoms with van der Waals surface area (Å²) in [5.74, 6) is 1.86. The molecule has 1 atom stereocenters. The molecule has 0 radical (unpaired) electrons. The van der Waals surface area contributed by atoms with Gasteiger partial charge in [-0.2, -0.15) is 0 Å². The van der Waals surface area contributed by atoms with E-state index in [1.54, 1.807) is 52.2 Å². The third-order valence-electron chi connectivity index (χ3n) is 4.94. The largest absolute Gasteiger partial charge is 0.497 e. The summed E-state index contributed by atoms with van der Waals surface area (Å²) in [5.41, 5.74) is 2.40. The number of nitrogens with one attached hydrogen (secondary N) is 1. The van der Waals surface area contributed by atoms with Crippen molar-refractivity contribution in [1.29, 1.82) is 0 Å². The van der Waals surface area contributed by atoms with E-state index in [1.165, 1.54) is 0 Å². The van der Waals surface area contributed by atoms with Crippen LogP contribution >= 0.6 is 0 Å². The van der Waals surface area contributed by atoms with Crippen molar-refractivity contribution in [1.82, 2.24) is 20.3 Å². The molecule has 3 aromatic rings. The highest BCUT2D eigenvalue weighted by Gasteiger charge is 2.22. The zero-order valence-electron chi connectivity index (χ0n) is 18.4. The summed E-state index contributed by atoms with van der Waals surface area (Å²) >= 11 is 0. The van der Waals surface area contributed by atoms with Crippen LogP contribution in [0.3, 0.4) is 0 Å². The Morgan fingerprint density at radius 2 is 1.68 bits per heavy atom. The molecule has 2 aromatic carbocycles. The number of carbonyl (C=O) groups is 1. The summed E-state index contributed by atoms with van der Waals surface area (Å²) in [5, 5.41) is 11.2. The standard InChI is InChI=1S/C22H26N4O5/c1-13(15-10-18(29-4)21(31-6)19(11-15)30-5)23-22(27)20-14(2)26(25-24-20)16-8-7-9-17(12-16)28-3/h7-13H,1-6H3,(H,23,27). The number of aromatic nitrogens is 3. The van der Waals surface area contributed by atoms with Gasteiger partial charge in [-0.05, 0) is 43.7 Å². The molecule has 1 heterocycles. The average molecular weight is 426 g/mol. The van der Waals surface area contributed by atoms with E-state index in [2.05, 4.69) is 15.6 Å². The molecule has 0 aliphatic carbocycles. The molecular weight excluding hydrogens is 400 g/mol. The molecule has 0 saturated carbocycles. The minimum absolute atomic E-state index is 0.238. The lowest BCUT2D eigenvalue weighted by Gasteiger charge is -2.18. The van der Waals surface area contributed by atoms with E-state index in [9.17, 15) is 4.79 Å². The smallest absolute Gasteiger partial charge is 0.274 e. The van der Waals surface area contributed by atoms with Gasteiger partial charge < -0.3 is 24.3 Å². The van der Waals surface area contributed by atoms with Crippen LogP contribution in [0.4, 0.5) is 0 Å². The monoisotopic (exact) mass is 426 g/mol. The van der Waals surface area contributed by atoms with Crippen LogP contribution in [0, 0.1) is 6.92 Å². The number of carbonyl (C=O) groups excluding carboxylic acids is 1. The first-order chi connectivity index (χ1) is 14.9. The molecule has 9 heteroatoms. The summed E-state index contributed by atoms with van der Waals surface area (Å²) in [6.07, 6.45) is 0. The maximum Gasteiger partial charge on any atom is 0.274 e. The Morgan fingerprint density at radius 3 is 2.26 bits per heavy atom. The topological polar surface area (TPSA) is 96.7 Å². The highest BCUT2D eigenvalue weighted by molar-refractivity contribution is 5.93. The van der Waals surface area contributed by atoms with Crippen molar-refractivity contribution in [2.24, 2.45) is 0 Å². The Bertz CT molecular complexity index is 1050. The summed E-state index contributed by atoms with van der Waals surface area (Å²) in [7, 11) is 6.23. The number of hydrogen-bond acceptors (Lipinski definition) is 7. The van der Waals surface area contributed by atoms with Crippen LogP contribution < -0.4 is 24.3 Å². The zero-order chi connectivity index (χ0) is 22.5. The van der Waals surface area contributed by atoms with Gasteiger partial charge in [0.1, 0.15) is 5.75 Å². The highest BCUT2D eigenvalue weighted by Crippen LogP contribution is 2.39. The van der Waals surface area contributed by atoms with Gasteiger partial charge in [-0.25, -0.2) is 4.68 Å². The van der Waals surface area contributed by atoms with E-state index in [-0.39, 0.29) is 17.6 Å². The molecule has 0 bridgehead atoms. The minimum atomic E-state index is -0.345. The number of amides is 1. The molecule has 0 spiro atoms. The summed E-state index contributed by atoms with van der Waals surface area (Å²) in [6.45, 7) is 3.65. The minimum Gasteiger partial charge on any atom is -0.497 e. The normalized spacial score (nSPS) is 11.5. The van der Waals surface area contributed by atoms with E-state index < -0.39 is 0 Å². The van der Waals surface area contributed by atoms with Gasteiger partial charge in [0.2, 0.25) is 5.75 Å². The molecule has 9 nitrogen and oxygen atoms in total. The maximum atomic E-state index is 12.9. The van der Waals surface area contributed by atoms with Crippen molar-refractivity contribution in [2.75, 3.05) is 28.4 Å². The Hall–Kier alpha value is -3.75. The molecule has 1 amide bonds. The molecule has 31 heavy (non-hydrogen) atoms. The highest BCUT2D eigenvalue weighted by atomic mass is 16.5. The van der Waals surface area contributed by atoms with Gasteiger partial charge in [-0.3, -0.25) is 4.79 Å². The van der Waals surface area contributed by atoms with Crippen LogP contribution in [0.2, 0.25) is 0 Å². The Labute approximate surface area is 180 Å². The van der Waals surface area contributed by atoms with Crippen LogP contribution in [0.25, 0.3) is 5.69 Å². The van der Waals surface area contributed by atoms with Gasteiger partial charge in [0.25, 0.3) is 5.91 Å². The van der Waals surface area contributed by atoms with Gasteiger partial charge in [0, 0.05) is 6.07 Å². The fourth-order valence-electron chi connectivity index (χ4n) is 3.23. The summed E-state index contributed by atoms with van der Waals surface area (Å²) in [6, 6.07) is 10.6. The summed E-state index contributed by atoms with van der Waals surface area (Å²) in [4.78, 5) is 12.9. The van der Waals surface area contributed by atoms with E-state index in [4.69, 9.17) is 18.9 Å². The van der Waals surface area contributed by atoms with Gasteiger partial charge in [0.15, 0.2) is 17.2 Å². The zero-order valence-corrected chi connectivity index (χ0v) is 18.4. The Kier molecular flexibility index (Phi) is 6.64. The predicted molar refractivity (Wildman–Crippen MR) is 115 cm³/mol. The van der Waals surface area contributed by atoms with Crippen molar-refractivity contribution in [3.05, 3.63) is 53.3 Å². The number of hydrogen-bond donors (Lipinski definition) is 1.